The van der Waals surface area contributed by atoms with Crippen LogP contribution in [-0.4, -0.2) is 42.8 Å². The Labute approximate surface area is 87.8 Å². The standard InChI is InChI=1S/C10H17F3N2/c1-9(8-2-3-8)6-14-4-5-15(9)7-10(11,12)13/h8,14H,2-7H2,1H3. The molecule has 1 saturated heterocycles. The Morgan fingerprint density at radius 1 is 1.40 bits per heavy atom. The lowest BCUT2D eigenvalue weighted by Crippen LogP contribution is -2.62. The predicted octanol–water partition coefficient (Wildman–Crippen LogP) is 1.62. The summed E-state index contributed by atoms with van der Waals surface area (Å²) in [5.41, 5.74) is -0.284. The fraction of sp³-hybridized carbons (Fsp3) is 1.00. The summed E-state index contributed by atoms with van der Waals surface area (Å²) in [6, 6.07) is 0. The molecule has 0 bridgehead atoms. The molecule has 1 unspecified atom stereocenters. The summed E-state index contributed by atoms with van der Waals surface area (Å²) < 4.78 is 37.2. The Morgan fingerprint density at radius 2 is 2.07 bits per heavy atom. The minimum absolute atomic E-state index is 0.284. The fourth-order valence-electron chi connectivity index (χ4n) is 2.51. The summed E-state index contributed by atoms with van der Waals surface area (Å²) in [7, 11) is 0. The quantitative estimate of drug-likeness (QED) is 0.763. The lowest BCUT2D eigenvalue weighted by Gasteiger charge is -2.46. The van der Waals surface area contributed by atoms with Crippen molar-refractivity contribution in [2.24, 2.45) is 5.92 Å². The molecule has 1 N–H and O–H groups in total. The van der Waals surface area contributed by atoms with E-state index in [2.05, 4.69) is 5.32 Å². The molecule has 0 aromatic carbocycles. The molecular weight excluding hydrogens is 205 g/mol. The van der Waals surface area contributed by atoms with Gasteiger partial charge in [-0.2, -0.15) is 13.2 Å². The normalized spacial score (nSPS) is 34.4. The molecule has 88 valence electrons. The number of halogens is 3. The maximum Gasteiger partial charge on any atom is 0.401 e. The van der Waals surface area contributed by atoms with Gasteiger partial charge in [0.1, 0.15) is 0 Å². The molecule has 2 nitrogen and oxygen atoms in total. The zero-order chi connectivity index (χ0) is 11.1. The highest BCUT2D eigenvalue weighted by Gasteiger charge is 2.49. The summed E-state index contributed by atoms with van der Waals surface area (Å²) in [6.07, 6.45) is -1.92. The average Bonchev–Trinajstić information content (AvgIpc) is 2.89. The van der Waals surface area contributed by atoms with Gasteiger partial charge in [-0.15, -0.1) is 0 Å². The molecule has 5 heteroatoms. The molecule has 1 atom stereocenters. The third-order valence-corrected chi connectivity index (χ3v) is 3.59. The number of nitrogens with zero attached hydrogens (tertiary/aromatic N) is 1. The summed E-state index contributed by atoms with van der Waals surface area (Å²) in [6.45, 7) is 3.06. The van der Waals surface area contributed by atoms with Crippen LogP contribution < -0.4 is 5.32 Å². The average molecular weight is 222 g/mol. The number of hydrogen-bond acceptors (Lipinski definition) is 2. The van der Waals surface area contributed by atoms with Crippen molar-refractivity contribution in [2.45, 2.75) is 31.5 Å². The zero-order valence-corrected chi connectivity index (χ0v) is 8.90. The second-order valence-corrected chi connectivity index (χ2v) is 4.84. The minimum atomic E-state index is -4.08. The Hall–Kier alpha value is -0.290. The first-order chi connectivity index (χ1) is 6.92. The molecule has 0 radical (unpaired) electrons. The SMILES string of the molecule is CC1(C2CC2)CNCCN1CC(F)(F)F. The molecule has 15 heavy (non-hydrogen) atoms. The van der Waals surface area contributed by atoms with E-state index in [0.29, 0.717) is 25.6 Å². The summed E-state index contributed by atoms with van der Waals surface area (Å²) in [5.74, 6) is 0.452. The molecule has 2 aliphatic rings. The molecule has 0 spiro atoms. The van der Waals surface area contributed by atoms with Crippen LogP contribution in [0.3, 0.4) is 0 Å². The maximum absolute atomic E-state index is 12.4. The van der Waals surface area contributed by atoms with E-state index < -0.39 is 12.7 Å². The van der Waals surface area contributed by atoms with Gasteiger partial charge in [-0.3, -0.25) is 4.90 Å². The van der Waals surface area contributed by atoms with Gasteiger partial charge in [-0.1, -0.05) is 0 Å². The number of piperazine rings is 1. The lowest BCUT2D eigenvalue weighted by molar-refractivity contribution is -0.162. The third kappa shape index (κ3) is 2.45. The van der Waals surface area contributed by atoms with Crippen molar-refractivity contribution in [3.63, 3.8) is 0 Å². The van der Waals surface area contributed by atoms with E-state index in [9.17, 15) is 13.2 Å². The maximum atomic E-state index is 12.4. The number of nitrogens with one attached hydrogen (secondary N) is 1. The van der Waals surface area contributed by atoms with E-state index in [1.165, 1.54) is 0 Å². The number of alkyl halides is 3. The van der Waals surface area contributed by atoms with E-state index in [0.717, 1.165) is 12.8 Å². The van der Waals surface area contributed by atoms with Crippen LogP contribution in [0, 0.1) is 5.92 Å². The van der Waals surface area contributed by atoms with Crippen molar-refractivity contribution in [3.05, 3.63) is 0 Å². The van der Waals surface area contributed by atoms with E-state index in [4.69, 9.17) is 0 Å². The van der Waals surface area contributed by atoms with Gasteiger partial charge in [0, 0.05) is 25.2 Å². The van der Waals surface area contributed by atoms with Gasteiger partial charge in [0.05, 0.1) is 6.54 Å². The van der Waals surface area contributed by atoms with Gasteiger partial charge >= 0.3 is 6.18 Å². The lowest BCUT2D eigenvalue weighted by atomic mass is 9.91. The van der Waals surface area contributed by atoms with Crippen LogP contribution in [0.25, 0.3) is 0 Å². The Bertz CT molecular complexity index is 237. The Kier molecular flexibility index (Phi) is 2.71. The van der Waals surface area contributed by atoms with Crippen molar-refractivity contribution >= 4 is 0 Å². The summed E-state index contributed by atoms with van der Waals surface area (Å²) in [5, 5.41) is 3.20. The summed E-state index contributed by atoms with van der Waals surface area (Å²) >= 11 is 0. The largest absolute Gasteiger partial charge is 0.401 e. The Morgan fingerprint density at radius 3 is 2.60 bits per heavy atom. The van der Waals surface area contributed by atoms with E-state index in [1.54, 1.807) is 4.90 Å². The van der Waals surface area contributed by atoms with Gasteiger partial charge in [-0.05, 0) is 25.7 Å². The first kappa shape index (κ1) is 11.2. The minimum Gasteiger partial charge on any atom is -0.314 e. The van der Waals surface area contributed by atoms with Gasteiger partial charge < -0.3 is 5.32 Å². The molecular formula is C10H17F3N2. The highest BCUT2D eigenvalue weighted by Crippen LogP contribution is 2.44. The molecule has 2 rings (SSSR count). The van der Waals surface area contributed by atoms with Crippen LogP contribution in [-0.2, 0) is 0 Å². The molecule has 0 aromatic rings. The van der Waals surface area contributed by atoms with Gasteiger partial charge in [-0.25, -0.2) is 0 Å². The van der Waals surface area contributed by atoms with Gasteiger partial charge in [0.15, 0.2) is 0 Å². The topological polar surface area (TPSA) is 15.3 Å². The van der Waals surface area contributed by atoms with Gasteiger partial charge in [0.2, 0.25) is 0 Å². The first-order valence-electron chi connectivity index (χ1n) is 5.44. The summed E-state index contributed by atoms with van der Waals surface area (Å²) in [4.78, 5) is 1.61. The van der Waals surface area contributed by atoms with Gasteiger partial charge in [0.25, 0.3) is 0 Å². The highest BCUT2D eigenvalue weighted by molar-refractivity contribution is 5.03. The number of hydrogen-bond donors (Lipinski definition) is 1. The van der Waals surface area contributed by atoms with Crippen LogP contribution in [0.5, 0.6) is 0 Å². The molecule has 0 amide bonds. The fourth-order valence-corrected chi connectivity index (χ4v) is 2.51. The molecule has 2 fully saturated rings. The monoisotopic (exact) mass is 222 g/mol. The predicted molar refractivity (Wildman–Crippen MR) is 51.6 cm³/mol. The second-order valence-electron chi connectivity index (χ2n) is 4.84. The first-order valence-corrected chi connectivity index (χ1v) is 5.44. The van der Waals surface area contributed by atoms with Crippen molar-refractivity contribution in [3.8, 4) is 0 Å². The van der Waals surface area contributed by atoms with E-state index in [1.807, 2.05) is 6.92 Å². The van der Waals surface area contributed by atoms with Crippen molar-refractivity contribution in [1.82, 2.24) is 10.2 Å². The highest BCUT2D eigenvalue weighted by atomic mass is 19.4. The molecule has 1 heterocycles. The molecule has 1 aliphatic carbocycles. The third-order valence-electron chi connectivity index (χ3n) is 3.59. The van der Waals surface area contributed by atoms with E-state index in [-0.39, 0.29) is 5.54 Å². The molecule has 1 saturated carbocycles. The van der Waals surface area contributed by atoms with Crippen LogP contribution in [0.1, 0.15) is 19.8 Å². The van der Waals surface area contributed by atoms with Crippen molar-refractivity contribution < 1.29 is 13.2 Å². The van der Waals surface area contributed by atoms with Crippen LogP contribution >= 0.6 is 0 Å². The van der Waals surface area contributed by atoms with E-state index >= 15 is 0 Å². The smallest absolute Gasteiger partial charge is 0.314 e. The van der Waals surface area contributed by atoms with Crippen molar-refractivity contribution in [2.75, 3.05) is 26.2 Å². The molecule has 0 aromatic heterocycles. The molecule has 1 aliphatic heterocycles. The zero-order valence-electron chi connectivity index (χ0n) is 8.90. The number of rotatable bonds is 2. The second kappa shape index (κ2) is 3.63. The Balaban J connectivity index is 2.05. The van der Waals surface area contributed by atoms with Crippen LogP contribution in [0.4, 0.5) is 13.2 Å². The van der Waals surface area contributed by atoms with Crippen molar-refractivity contribution in [1.29, 1.82) is 0 Å². The van der Waals surface area contributed by atoms with Crippen LogP contribution in [0.15, 0.2) is 0 Å². The van der Waals surface area contributed by atoms with Crippen LogP contribution in [0.2, 0.25) is 0 Å².